The highest BCUT2D eigenvalue weighted by atomic mass is 32.2. The van der Waals surface area contributed by atoms with E-state index in [-0.39, 0.29) is 23.2 Å². The number of amides is 3. The minimum Gasteiger partial charge on any atom is -0.496 e. The van der Waals surface area contributed by atoms with Crippen LogP contribution < -0.4 is 15.4 Å². The summed E-state index contributed by atoms with van der Waals surface area (Å²) in [5.74, 6) is 3.39. The monoisotopic (exact) mass is 469 g/mol. The summed E-state index contributed by atoms with van der Waals surface area (Å²) >= 11 is 1.28. The lowest BCUT2D eigenvalue weighted by atomic mass is 9.53. The van der Waals surface area contributed by atoms with Crippen LogP contribution >= 0.6 is 11.8 Å². The molecule has 0 aliphatic heterocycles. The van der Waals surface area contributed by atoms with E-state index >= 15 is 0 Å². The number of benzene rings is 1. The van der Waals surface area contributed by atoms with Gasteiger partial charge in [0.2, 0.25) is 5.91 Å². The number of ether oxygens (including phenoxy) is 1. The number of methoxy groups -OCH3 is 1. The van der Waals surface area contributed by atoms with Gasteiger partial charge in [-0.1, -0.05) is 23.9 Å². The Morgan fingerprint density at radius 2 is 1.79 bits per heavy atom. The van der Waals surface area contributed by atoms with Crippen molar-refractivity contribution in [1.82, 2.24) is 25.4 Å². The molecule has 2 aromatic rings. The number of aromatic nitrogens is 3. The molecule has 4 aliphatic carbocycles. The smallest absolute Gasteiger partial charge is 0.321 e. The first-order valence-corrected chi connectivity index (χ1v) is 12.8. The Kier molecular flexibility index (Phi) is 6.07. The molecule has 0 unspecified atom stereocenters. The molecule has 1 aromatic heterocycles. The van der Waals surface area contributed by atoms with Gasteiger partial charge < -0.3 is 14.6 Å². The van der Waals surface area contributed by atoms with E-state index in [1.807, 2.05) is 35.8 Å². The standard InChI is InChI=1S/C24H31N5O3S/c1-3-29-21(18-6-4-5-7-19(18)32-2)27-28-23(29)33-14-20(30)25-22(31)26-24-11-15-8-16(12-24)10-17(9-15)13-24/h4-7,15-17H,3,8-14H2,1-2H3,(H2,25,26,30,31). The van der Waals surface area contributed by atoms with Gasteiger partial charge in [-0.25, -0.2) is 4.79 Å². The summed E-state index contributed by atoms with van der Waals surface area (Å²) in [5.41, 5.74) is 0.735. The van der Waals surface area contributed by atoms with Gasteiger partial charge in [0.05, 0.1) is 18.4 Å². The molecule has 3 amide bonds. The second kappa shape index (κ2) is 9.00. The highest BCUT2D eigenvalue weighted by molar-refractivity contribution is 7.99. The molecule has 6 rings (SSSR count). The Balaban J connectivity index is 1.19. The van der Waals surface area contributed by atoms with Crippen molar-refractivity contribution < 1.29 is 14.3 Å². The molecular weight excluding hydrogens is 438 g/mol. The molecule has 4 saturated carbocycles. The third-order valence-corrected chi connectivity index (χ3v) is 8.35. The first-order chi connectivity index (χ1) is 16.0. The molecule has 0 atom stereocenters. The van der Waals surface area contributed by atoms with Crippen LogP contribution in [-0.4, -0.2) is 45.1 Å². The van der Waals surface area contributed by atoms with Gasteiger partial charge in [-0.2, -0.15) is 0 Å². The summed E-state index contributed by atoms with van der Waals surface area (Å²) in [7, 11) is 1.62. The Bertz CT molecular complexity index is 1020. The van der Waals surface area contributed by atoms with Gasteiger partial charge in [0.25, 0.3) is 0 Å². The molecule has 4 aliphatic rings. The van der Waals surface area contributed by atoms with Crippen molar-refractivity contribution in [2.24, 2.45) is 17.8 Å². The van der Waals surface area contributed by atoms with E-state index in [9.17, 15) is 9.59 Å². The third kappa shape index (κ3) is 4.47. The van der Waals surface area contributed by atoms with Gasteiger partial charge in [-0.05, 0) is 75.3 Å². The number of hydrogen-bond donors (Lipinski definition) is 2. The van der Waals surface area contributed by atoms with Gasteiger partial charge in [-0.3, -0.25) is 10.1 Å². The van der Waals surface area contributed by atoms with Crippen LogP contribution in [0, 0.1) is 17.8 Å². The lowest BCUT2D eigenvalue weighted by molar-refractivity contribution is -0.117. The number of carbonyl (C=O) groups is 2. The van der Waals surface area contributed by atoms with Crippen molar-refractivity contribution >= 4 is 23.7 Å². The van der Waals surface area contributed by atoms with E-state index < -0.39 is 0 Å². The van der Waals surface area contributed by atoms with Gasteiger partial charge >= 0.3 is 6.03 Å². The predicted molar refractivity (Wildman–Crippen MR) is 126 cm³/mol. The lowest BCUT2D eigenvalue weighted by Gasteiger charge is -2.56. The van der Waals surface area contributed by atoms with Gasteiger partial charge in [0.15, 0.2) is 11.0 Å². The van der Waals surface area contributed by atoms with Crippen molar-refractivity contribution in [2.75, 3.05) is 12.9 Å². The summed E-state index contributed by atoms with van der Waals surface area (Å²) < 4.78 is 7.40. The molecular formula is C24H31N5O3S. The highest BCUT2D eigenvalue weighted by Crippen LogP contribution is 2.55. The number of thioether (sulfide) groups is 1. The highest BCUT2D eigenvalue weighted by Gasteiger charge is 2.51. The van der Waals surface area contributed by atoms with Crippen molar-refractivity contribution in [1.29, 1.82) is 0 Å². The van der Waals surface area contributed by atoms with E-state index in [0.29, 0.717) is 17.5 Å². The van der Waals surface area contributed by atoms with Crippen molar-refractivity contribution in [2.45, 2.75) is 62.7 Å². The van der Waals surface area contributed by atoms with Crippen molar-refractivity contribution in [3.63, 3.8) is 0 Å². The number of para-hydroxylation sites is 1. The second-order valence-corrected chi connectivity index (χ2v) is 10.7. The zero-order chi connectivity index (χ0) is 23.0. The number of urea groups is 1. The van der Waals surface area contributed by atoms with E-state index in [4.69, 9.17) is 4.74 Å². The summed E-state index contributed by atoms with van der Waals surface area (Å²) in [6, 6.07) is 7.28. The molecule has 0 radical (unpaired) electrons. The molecule has 2 N–H and O–H groups in total. The summed E-state index contributed by atoms with van der Waals surface area (Å²) in [6.07, 6.45) is 7.11. The van der Waals surface area contributed by atoms with E-state index in [2.05, 4.69) is 20.8 Å². The summed E-state index contributed by atoms with van der Waals surface area (Å²) in [4.78, 5) is 25.2. The average molecular weight is 470 g/mol. The lowest BCUT2D eigenvalue weighted by Crippen LogP contribution is -2.61. The fraction of sp³-hybridized carbons (Fsp3) is 0.583. The topological polar surface area (TPSA) is 98.1 Å². The number of rotatable bonds is 7. The van der Waals surface area contributed by atoms with Crippen LogP contribution in [0.4, 0.5) is 4.79 Å². The summed E-state index contributed by atoms with van der Waals surface area (Å²) in [6.45, 7) is 2.65. The molecule has 4 fully saturated rings. The predicted octanol–water partition coefficient (Wildman–Crippen LogP) is 3.86. The van der Waals surface area contributed by atoms with Crippen LogP contribution in [0.3, 0.4) is 0 Å². The summed E-state index contributed by atoms with van der Waals surface area (Å²) in [5, 5.41) is 15.0. The minimum atomic E-state index is -0.366. The maximum Gasteiger partial charge on any atom is 0.321 e. The van der Waals surface area contributed by atoms with Gasteiger partial charge in [0.1, 0.15) is 5.75 Å². The quantitative estimate of drug-likeness (QED) is 0.598. The maximum atomic E-state index is 12.6. The van der Waals surface area contributed by atoms with Crippen LogP contribution in [0.15, 0.2) is 29.4 Å². The minimum absolute atomic E-state index is 0.0956. The van der Waals surface area contributed by atoms with Crippen molar-refractivity contribution in [3.05, 3.63) is 24.3 Å². The first-order valence-electron chi connectivity index (χ1n) is 11.8. The van der Waals surface area contributed by atoms with Gasteiger partial charge in [-0.15, -0.1) is 10.2 Å². The van der Waals surface area contributed by atoms with E-state index in [1.165, 1.54) is 31.0 Å². The van der Waals surface area contributed by atoms with Crippen LogP contribution in [0.5, 0.6) is 5.75 Å². The Morgan fingerprint density at radius 1 is 1.12 bits per heavy atom. The molecule has 8 nitrogen and oxygen atoms in total. The average Bonchev–Trinajstić information content (AvgIpc) is 3.19. The molecule has 33 heavy (non-hydrogen) atoms. The number of hydrogen-bond acceptors (Lipinski definition) is 6. The Labute approximate surface area is 198 Å². The zero-order valence-electron chi connectivity index (χ0n) is 19.2. The normalized spacial score (nSPS) is 27.4. The van der Waals surface area contributed by atoms with Crippen LogP contribution in [0.25, 0.3) is 11.4 Å². The van der Waals surface area contributed by atoms with Crippen LogP contribution in [0.2, 0.25) is 0 Å². The van der Waals surface area contributed by atoms with Crippen LogP contribution in [-0.2, 0) is 11.3 Å². The van der Waals surface area contributed by atoms with Crippen LogP contribution in [0.1, 0.15) is 45.4 Å². The molecule has 176 valence electrons. The molecule has 0 spiro atoms. The largest absolute Gasteiger partial charge is 0.496 e. The molecule has 1 heterocycles. The number of carbonyl (C=O) groups excluding carboxylic acids is 2. The first kappa shape index (κ1) is 22.3. The maximum absolute atomic E-state index is 12.6. The Morgan fingerprint density at radius 3 is 2.42 bits per heavy atom. The number of imide groups is 1. The molecule has 1 aromatic carbocycles. The SMILES string of the molecule is CCn1c(SCC(=O)NC(=O)NC23CC4CC(CC(C4)C2)C3)nnc1-c1ccccc1OC. The fourth-order valence-corrected chi connectivity index (χ4v) is 7.34. The number of nitrogens with zero attached hydrogens (tertiary/aromatic N) is 3. The fourth-order valence-electron chi connectivity index (χ4n) is 6.54. The van der Waals surface area contributed by atoms with E-state index in [0.717, 1.165) is 48.3 Å². The van der Waals surface area contributed by atoms with Gasteiger partial charge in [0, 0.05) is 12.1 Å². The van der Waals surface area contributed by atoms with E-state index in [1.54, 1.807) is 7.11 Å². The number of nitrogens with one attached hydrogen (secondary N) is 2. The third-order valence-electron chi connectivity index (χ3n) is 7.38. The zero-order valence-corrected chi connectivity index (χ0v) is 20.0. The molecule has 9 heteroatoms. The molecule has 4 bridgehead atoms. The second-order valence-electron chi connectivity index (χ2n) is 9.74. The molecule has 0 saturated heterocycles. The Hall–Kier alpha value is -2.55. The van der Waals surface area contributed by atoms with Crippen molar-refractivity contribution in [3.8, 4) is 17.1 Å².